The summed E-state index contributed by atoms with van der Waals surface area (Å²) >= 11 is 0. The normalized spacial score (nSPS) is 24.3. The van der Waals surface area contributed by atoms with Gasteiger partial charge < -0.3 is 29.3 Å². The van der Waals surface area contributed by atoms with Crippen molar-refractivity contribution in [2.45, 2.75) is 31.1 Å². The molecule has 0 aliphatic carbocycles. The van der Waals surface area contributed by atoms with Gasteiger partial charge in [-0.2, -0.15) is 0 Å². The molecule has 1 unspecified atom stereocenters. The highest BCUT2D eigenvalue weighted by Crippen LogP contribution is 2.29. The van der Waals surface area contributed by atoms with Gasteiger partial charge in [-0.1, -0.05) is 11.2 Å². The number of methoxy groups -OCH3 is 1. The lowest BCUT2D eigenvalue weighted by Gasteiger charge is -2.18. The van der Waals surface area contributed by atoms with E-state index in [0.29, 0.717) is 22.4 Å². The third kappa shape index (κ3) is 3.13. The highest BCUT2D eigenvalue weighted by Gasteiger charge is 2.43. The summed E-state index contributed by atoms with van der Waals surface area (Å²) in [4.78, 5) is 25.3. The SMILES string of the molecule is COc1cccc2onc(Cn3c(=O)ccn([C@@H]4O[C@H](CO)[C@H](O)C4O)c3=O)c12. The molecule has 0 saturated carbocycles. The number of benzene rings is 1. The molecule has 154 valence electrons. The summed E-state index contributed by atoms with van der Waals surface area (Å²) in [5.41, 5.74) is -0.620. The molecule has 3 N–H and O–H groups in total. The van der Waals surface area contributed by atoms with Crippen LogP contribution >= 0.6 is 0 Å². The number of aromatic nitrogens is 3. The Balaban J connectivity index is 1.76. The fourth-order valence-electron chi connectivity index (χ4n) is 3.43. The van der Waals surface area contributed by atoms with Crippen LogP contribution in [0.2, 0.25) is 0 Å². The van der Waals surface area contributed by atoms with E-state index in [2.05, 4.69) is 5.16 Å². The van der Waals surface area contributed by atoms with Crippen molar-refractivity contribution in [3.63, 3.8) is 0 Å². The van der Waals surface area contributed by atoms with Gasteiger partial charge in [0.2, 0.25) is 0 Å². The second-order valence-corrected chi connectivity index (χ2v) is 6.62. The molecule has 0 bridgehead atoms. The number of fused-ring (bicyclic) bond motifs is 1. The van der Waals surface area contributed by atoms with Crippen molar-refractivity contribution in [3.05, 3.63) is 57.0 Å². The van der Waals surface area contributed by atoms with E-state index in [9.17, 15) is 24.9 Å². The van der Waals surface area contributed by atoms with Crippen LogP contribution in [0.15, 0.2) is 44.6 Å². The van der Waals surface area contributed by atoms with E-state index in [4.69, 9.17) is 14.0 Å². The van der Waals surface area contributed by atoms with Crippen molar-refractivity contribution in [2.75, 3.05) is 13.7 Å². The molecule has 3 aromatic rings. The summed E-state index contributed by atoms with van der Waals surface area (Å²) < 4.78 is 17.8. The molecule has 11 nitrogen and oxygen atoms in total. The van der Waals surface area contributed by atoms with Gasteiger partial charge in [-0.25, -0.2) is 4.79 Å². The lowest BCUT2D eigenvalue weighted by Crippen LogP contribution is -2.43. The Morgan fingerprint density at radius 3 is 2.69 bits per heavy atom. The molecule has 1 fully saturated rings. The van der Waals surface area contributed by atoms with Crippen LogP contribution in [0.5, 0.6) is 5.75 Å². The standard InChI is InChI=1S/C18H19N3O8/c1-27-10-3-2-4-11-14(10)9(19-29-11)7-21-13(23)5-6-20(18(21)26)17-16(25)15(24)12(8-22)28-17/h2-6,12,15-17,22,24-25H,7-8H2,1H3/t12-,15+,16?,17-/m1/s1. The minimum absolute atomic E-state index is 0.208. The molecule has 1 aliphatic rings. The Kier molecular flexibility index (Phi) is 4.96. The molecule has 1 aromatic carbocycles. The minimum Gasteiger partial charge on any atom is -0.496 e. The van der Waals surface area contributed by atoms with E-state index in [1.165, 1.54) is 13.3 Å². The van der Waals surface area contributed by atoms with Crippen molar-refractivity contribution in [1.29, 1.82) is 0 Å². The van der Waals surface area contributed by atoms with Gasteiger partial charge in [-0.05, 0) is 12.1 Å². The first-order valence-electron chi connectivity index (χ1n) is 8.82. The maximum atomic E-state index is 12.9. The predicted octanol–water partition coefficient (Wildman–Crippen LogP) is -1.18. The number of aliphatic hydroxyl groups is 3. The average molecular weight is 405 g/mol. The van der Waals surface area contributed by atoms with Crippen LogP contribution in [0.3, 0.4) is 0 Å². The predicted molar refractivity (Wildman–Crippen MR) is 97.6 cm³/mol. The third-order valence-corrected chi connectivity index (χ3v) is 4.95. The first-order chi connectivity index (χ1) is 14.0. The van der Waals surface area contributed by atoms with E-state index in [0.717, 1.165) is 15.2 Å². The summed E-state index contributed by atoms with van der Waals surface area (Å²) in [6.07, 6.45) is -3.97. The van der Waals surface area contributed by atoms with Crippen LogP contribution in [0.4, 0.5) is 0 Å². The number of ether oxygens (including phenoxy) is 2. The molecule has 3 heterocycles. The van der Waals surface area contributed by atoms with Gasteiger partial charge in [0.1, 0.15) is 29.8 Å². The fourth-order valence-corrected chi connectivity index (χ4v) is 3.43. The second-order valence-electron chi connectivity index (χ2n) is 6.62. The van der Waals surface area contributed by atoms with Gasteiger partial charge in [-0.3, -0.25) is 13.9 Å². The molecule has 4 rings (SSSR count). The van der Waals surface area contributed by atoms with E-state index in [1.807, 2.05) is 0 Å². The molecule has 4 atom stereocenters. The van der Waals surface area contributed by atoms with Gasteiger partial charge in [0.25, 0.3) is 5.56 Å². The summed E-state index contributed by atoms with van der Waals surface area (Å²) in [5, 5.41) is 33.8. The first kappa shape index (κ1) is 19.3. The van der Waals surface area contributed by atoms with Gasteiger partial charge in [0.15, 0.2) is 11.8 Å². The Morgan fingerprint density at radius 1 is 1.21 bits per heavy atom. The molecule has 29 heavy (non-hydrogen) atoms. The highest BCUT2D eigenvalue weighted by atomic mass is 16.6. The lowest BCUT2D eigenvalue weighted by atomic mass is 10.1. The number of hydrogen-bond donors (Lipinski definition) is 3. The van der Waals surface area contributed by atoms with Crippen LogP contribution < -0.4 is 16.0 Å². The van der Waals surface area contributed by atoms with E-state index in [1.54, 1.807) is 18.2 Å². The van der Waals surface area contributed by atoms with Crippen molar-refractivity contribution in [3.8, 4) is 5.75 Å². The van der Waals surface area contributed by atoms with Crippen molar-refractivity contribution < 1.29 is 29.3 Å². The topological polar surface area (TPSA) is 149 Å². The zero-order chi connectivity index (χ0) is 20.7. The van der Waals surface area contributed by atoms with Crippen molar-refractivity contribution in [1.82, 2.24) is 14.3 Å². The molecule has 1 aliphatic heterocycles. The number of nitrogens with zero attached hydrogens (tertiary/aromatic N) is 3. The quantitative estimate of drug-likeness (QED) is 0.477. The molecular formula is C18H19N3O8. The van der Waals surface area contributed by atoms with Gasteiger partial charge in [0, 0.05) is 12.3 Å². The molecule has 0 amide bonds. The zero-order valence-corrected chi connectivity index (χ0v) is 15.3. The average Bonchev–Trinajstić information content (AvgIpc) is 3.26. The molecule has 0 spiro atoms. The first-order valence-corrected chi connectivity index (χ1v) is 8.82. The highest BCUT2D eigenvalue weighted by molar-refractivity contribution is 5.86. The Morgan fingerprint density at radius 2 is 2.00 bits per heavy atom. The summed E-state index contributed by atoms with van der Waals surface area (Å²) in [6.45, 7) is -0.742. The van der Waals surface area contributed by atoms with E-state index >= 15 is 0 Å². The lowest BCUT2D eigenvalue weighted by molar-refractivity contribution is -0.0555. The van der Waals surface area contributed by atoms with E-state index in [-0.39, 0.29) is 6.54 Å². The number of hydrogen-bond acceptors (Lipinski definition) is 9. The van der Waals surface area contributed by atoms with Gasteiger partial charge in [-0.15, -0.1) is 0 Å². The summed E-state index contributed by atoms with van der Waals surface area (Å²) in [7, 11) is 1.48. The Bertz CT molecular complexity index is 1150. The minimum atomic E-state index is -1.45. The zero-order valence-electron chi connectivity index (χ0n) is 15.3. The largest absolute Gasteiger partial charge is 0.496 e. The monoisotopic (exact) mass is 405 g/mol. The van der Waals surface area contributed by atoms with Gasteiger partial charge in [0.05, 0.1) is 25.6 Å². The number of rotatable bonds is 5. The third-order valence-electron chi connectivity index (χ3n) is 4.95. The van der Waals surface area contributed by atoms with Gasteiger partial charge >= 0.3 is 5.69 Å². The van der Waals surface area contributed by atoms with Crippen molar-refractivity contribution in [2.24, 2.45) is 0 Å². The van der Waals surface area contributed by atoms with Crippen LogP contribution in [0, 0.1) is 0 Å². The second kappa shape index (κ2) is 7.44. The van der Waals surface area contributed by atoms with Crippen LogP contribution in [-0.4, -0.2) is 61.6 Å². The Labute approximate surface area is 162 Å². The van der Waals surface area contributed by atoms with Crippen LogP contribution in [0.25, 0.3) is 11.0 Å². The summed E-state index contributed by atoms with van der Waals surface area (Å²) in [5.74, 6) is 0.478. The Hall–Kier alpha value is -2.99. The molecule has 0 radical (unpaired) electrons. The molecule has 1 saturated heterocycles. The van der Waals surface area contributed by atoms with Crippen LogP contribution in [0.1, 0.15) is 11.9 Å². The number of aliphatic hydroxyl groups excluding tert-OH is 3. The molecular weight excluding hydrogens is 386 g/mol. The summed E-state index contributed by atoms with van der Waals surface area (Å²) in [6, 6.07) is 6.24. The van der Waals surface area contributed by atoms with Crippen LogP contribution in [-0.2, 0) is 11.3 Å². The molecule has 2 aromatic heterocycles. The van der Waals surface area contributed by atoms with E-state index < -0.39 is 42.4 Å². The molecule has 11 heteroatoms. The smallest absolute Gasteiger partial charge is 0.333 e. The van der Waals surface area contributed by atoms with Crippen molar-refractivity contribution >= 4 is 11.0 Å². The maximum Gasteiger partial charge on any atom is 0.333 e. The maximum absolute atomic E-state index is 12.9. The fraction of sp³-hybridized carbons (Fsp3) is 0.389.